The van der Waals surface area contributed by atoms with E-state index in [1.807, 2.05) is 0 Å². The molecule has 74 valence electrons. The number of Topliss-reactive ketones (excluding diaryl/α,β-unsaturated/α-hetero) is 1. The maximum Gasteiger partial charge on any atom is 3.00 e. The van der Waals surface area contributed by atoms with Gasteiger partial charge in [-0.15, -0.1) is 0 Å². The Kier molecular flexibility index (Phi) is 7.22. The average Bonchev–Trinajstić information content (AvgIpc) is 2.18. The molecule has 0 fully saturated rings. The third kappa shape index (κ3) is 4.53. The maximum absolute atomic E-state index is 11.2. The van der Waals surface area contributed by atoms with Crippen LogP contribution >= 0.6 is 0 Å². The first kappa shape index (κ1) is 14.9. The molecule has 0 aromatic heterocycles. The van der Waals surface area contributed by atoms with Crippen LogP contribution in [0.4, 0.5) is 0 Å². The molecule has 0 heterocycles. The molecule has 0 atom stereocenters. The van der Waals surface area contributed by atoms with Crippen LogP contribution in [0, 0.1) is 7.11 Å². The minimum absolute atomic E-state index is 0. The van der Waals surface area contributed by atoms with Crippen molar-refractivity contribution in [2.45, 2.75) is 0 Å². The normalized spacial score (nSPS) is 9.27. The summed E-state index contributed by atoms with van der Waals surface area (Å²) < 4.78 is 4.44. The third-order valence-electron chi connectivity index (χ3n) is 1.76. The van der Waals surface area contributed by atoms with Crippen molar-refractivity contribution in [3.05, 3.63) is 36.9 Å². The van der Waals surface area contributed by atoms with Gasteiger partial charge in [0.2, 0.25) is 0 Å². The van der Waals surface area contributed by atoms with Crippen LogP contribution in [0.3, 0.4) is 0 Å². The average molecular weight is 282 g/mol. The van der Waals surface area contributed by atoms with Gasteiger partial charge in [0.05, 0.1) is 6.61 Å². The van der Waals surface area contributed by atoms with Gasteiger partial charge in [0.15, 0.2) is 5.78 Å². The zero-order valence-corrected chi connectivity index (χ0v) is 10.9. The van der Waals surface area contributed by atoms with Crippen molar-refractivity contribution in [1.29, 1.82) is 0 Å². The molecule has 1 aromatic carbocycles. The number of ether oxygens (including phenoxy) is 1. The molecule has 0 spiro atoms. The zero-order chi connectivity index (χ0) is 10.6. The SMILES string of the molecule is [CH2-]OCC(=O)c1ccc(B(O)O)cc1.[Y+3]. The smallest absolute Gasteiger partial charge is 0.549 e. The molecule has 6 heteroatoms. The summed E-state index contributed by atoms with van der Waals surface area (Å²) in [5.74, 6) is -0.195. The van der Waals surface area contributed by atoms with Gasteiger partial charge < -0.3 is 14.8 Å². The summed E-state index contributed by atoms with van der Waals surface area (Å²) >= 11 is 0. The predicted molar refractivity (Wildman–Crippen MR) is 51.9 cm³/mol. The van der Waals surface area contributed by atoms with Crippen molar-refractivity contribution in [3.63, 3.8) is 0 Å². The molecule has 2 N–H and O–H groups in total. The molecule has 1 rings (SSSR count). The summed E-state index contributed by atoms with van der Waals surface area (Å²) in [5, 5.41) is 17.6. The Hall–Kier alpha value is -0.0612. The fourth-order valence-corrected chi connectivity index (χ4v) is 1.02. The molecule has 0 saturated carbocycles. The number of benzene rings is 1. The van der Waals surface area contributed by atoms with Gasteiger partial charge >= 0.3 is 39.8 Å². The monoisotopic (exact) mass is 282 g/mol. The zero-order valence-electron chi connectivity index (χ0n) is 8.09. The van der Waals surface area contributed by atoms with E-state index in [0.29, 0.717) is 11.0 Å². The van der Waals surface area contributed by atoms with Gasteiger partial charge in [-0.1, -0.05) is 24.3 Å². The van der Waals surface area contributed by atoms with E-state index in [1.165, 1.54) is 24.3 Å². The van der Waals surface area contributed by atoms with Crippen LogP contribution in [0.25, 0.3) is 0 Å². The van der Waals surface area contributed by atoms with Gasteiger partial charge in [-0.3, -0.25) is 4.79 Å². The second-order valence-electron chi connectivity index (χ2n) is 2.77. The molecule has 0 aliphatic carbocycles. The first-order chi connectivity index (χ1) is 6.65. The van der Waals surface area contributed by atoms with E-state index in [2.05, 4.69) is 11.8 Å². The van der Waals surface area contributed by atoms with Crippen molar-refractivity contribution in [1.82, 2.24) is 0 Å². The van der Waals surface area contributed by atoms with Crippen LogP contribution in [-0.4, -0.2) is 29.6 Å². The number of carbonyl (C=O) groups excluding carboxylic acids is 1. The van der Waals surface area contributed by atoms with Crippen LogP contribution in [-0.2, 0) is 37.4 Å². The topological polar surface area (TPSA) is 66.8 Å². The Balaban J connectivity index is 0.00000196. The number of rotatable bonds is 4. The molecule has 1 aromatic rings. The molecule has 0 radical (unpaired) electrons. The van der Waals surface area contributed by atoms with Crippen molar-refractivity contribution >= 4 is 18.4 Å². The minimum atomic E-state index is -1.51. The Labute approximate surface area is 114 Å². The van der Waals surface area contributed by atoms with E-state index in [4.69, 9.17) is 10.0 Å². The summed E-state index contributed by atoms with van der Waals surface area (Å²) in [7, 11) is 1.59. The minimum Gasteiger partial charge on any atom is -0.549 e. The van der Waals surface area contributed by atoms with Gasteiger partial charge in [0.25, 0.3) is 0 Å². The first-order valence-electron chi connectivity index (χ1n) is 4.01. The molecule has 0 unspecified atom stereocenters. The van der Waals surface area contributed by atoms with Gasteiger partial charge in [0.1, 0.15) is 0 Å². The van der Waals surface area contributed by atoms with Crippen LogP contribution in [0.1, 0.15) is 10.4 Å². The van der Waals surface area contributed by atoms with Crippen molar-refractivity contribution < 1.29 is 52.3 Å². The Morgan fingerprint density at radius 1 is 1.33 bits per heavy atom. The molecular formula is C9H10BO4Y+2. The maximum atomic E-state index is 11.2. The molecule has 0 aliphatic rings. The molecule has 15 heavy (non-hydrogen) atoms. The summed E-state index contributed by atoms with van der Waals surface area (Å²) in [5.41, 5.74) is 0.801. The third-order valence-corrected chi connectivity index (χ3v) is 1.76. The van der Waals surface area contributed by atoms with Gasteiger partial charge in [-0.2, -0.15) is 0 Å². The van der Waals surface area contributed by atoms with Crippen molar-refractivity contribution in [2.75, 3.05) is 6.61 Å². The molecular weight excluding hydrogens is 272 g/mol. The summed E-state index contributed by atoms with van der Waals surface area (Å²) in [4.78, 5) is 11.2. The van der Waals surface area contributed by atoms with Crippen molar-refractivity contribution in [2.24, 2.45) is 0 Å². The fourth-order valence-electron chi connectivity index (χ4n) is 1.02. The fraction of sp³-hybridized carbons (Fsp3) is 0.111. The van der Waals surface area contributed by atoms with E-state index in [0.717, 1.165) is 0 Å². The quantitative estimate of drug-likeness (QED) is 0.438. The Bertz CT molecular complexity index is 312. The van der Waals surface area contributed by atoms with Crippen LogP contribution in [0.15, 0.2) is 24.3 Å². The Morgan fingerprint density at radius 2 is 1.87 bits per heavy atom. The second-order valence-corrected chi connectivity index (χ2v) is 2.77. The molecule has 0 amide bonds. The van der Waals surface area contributed by atoms with E-state index >= 15 is 0 Å². The van der Waals surface area contributed by atoms with Crippen LogP contribution in [0.2, 0.25) is 0 Å². The summed E-state index contributed by atoms with van der Waals surface area (Å²) in [6.45, 7) is -0.0823. The number of carbonyl (C=O) groups is 1. The van der Waals surface area contributed by atoms with Crippen molar-refractivity contribution in [3.8, 4) is 0 Å². The summed E-state index contributed by atoms with van der Waals surface area (Å²) in [6.07, 6.45) is 0. The molecule has 4 nitrogen and oxygen atoms in total. The molecule has 0 saturated heterocycles. The Morgan fingerprint density at radius 3 is 2.27 bits per heavy atom. The van der Waals surface area contributed by atoms with E-state index in [-0.39, 0.29) is 45.1 Å². The second kappa shape index (κ2) is 7.25. The number of hydrogen-bond donors (Lipinski definition) is 2. The van der Waals surface area contributed by atoms with Gasteiger partial charge in [-0.05, 0) is 5.46 Å². The standard InChI is InChI=1S/C9H10BO4.Y/c1-14-6-9(11)7-2-4-8(5-3-7)10(12)13;/h2-5,12-13H,1,6H2;/q-1;+3. The van der Waals surface area contributed by atoms with E-state index < -0.39 is 7.12 Å². The number of hydrogen-bond acceptors (Lipinski definition) is 4. The summed E-state index contributed by atoms with van der Waals surface area (Å²) in [6, 6.07) is 5.97. The number of ketones is 1. The van der Waals surface area contributed by atoms with Crippen LogP contribution < -0.4 is 5.46 Å². The van der Waals surface area contributed by atoms with Gasteiger partial charge in [0, 0.05) is 5.56 Å². The van der Waals surface area contributed by atoms with E-state index in [1.54, 1.807) is 0 Å². The van der Waals surface area contributed by atoms with Crippen LogP contribution in [0.5, 0.6) is 0 Å². The predicted octanol–water partition coefficient (Wildman–Crippen LogP) is -0.645. The van der Waals surface area contributed by atoms with E-state index in [9.17, 15) is 4.79 Å². The van der Waals surface area contributed by atoms with Gasteiger partial charge in [-0.25, -0.2) is 7.11 Å². The molecule has 0 aliphatic heterocycles. The first-order valence-corrected chi connectivity index (χ1v) is 4.01. The largest absolute Gasteiger partial charge is 3.00 e. The molecule has 0 bridgehead atoms.